The van der Waals surface area contributed by atoms with E-state index in [1.54, 1.807) is 0 Å². The van der Waals surface area contributed by atoms with Gasteiger partial charge in [0.25, 0.3) is 0 Å². The molecule has 0 aromatic heterocycles. The SMILES string of the molecule is Fc1cc(Br)c(F)c(CC2CCCCN2)c1. The highest BCUT2D eigenvalue weighted by atomic mass is 79.9. The number of hydrogen-bond acceptors (Lipinski definition) is 1. The maximum Gasteiger partial charge on any atom is 0.140 e. The molecule has 16 heavy (non-hydrogen) atoms. The zero-order valence-electron chi connectivity index (χ0n) is 8.90. The fraction of sp³-hybridized carbons (Fsp3) is 0.500. The summed E-state index contributed by atoms with van der Waals surface area (Å²) < 4.78 is 27.0. The molecule has 1 fully saturated rings. The predicted octanol–water partition coefficient (Wildman–Crippen LogP) is 3.41. The van der Waals surface area contributed by atoms with Crippen LogP contribution in [0.4, 0.5) is 8.78 Å². The van der Waals surface area contributed by atoms with Crippen LogP contribution in [0.1, 0.15) is 24.8 Å². The Morgan fingerprint density at radius 2 is 2.12 bits per heavy atom. The Morgan fingerprint density at radius 3 is 2.81 bits per heavy atom. The first-order valence-corrected chi connectivity index (χ1v) is 6.33. The van der Waals surface area contributed by atoms with Crippen LogP contribution in [0.5, 0.6) is 0 Å². The van der Waals surface area contributed by atoms with Crippen molar-refractivity contribution in [2.24, 2.45) is 0 Å². The van der Waals surface area contributed by atoms with Gasteiger partial charge in [0, 0.05) is 6.04 Å². The fourth-order valence-electron chi connectivity index (χ4n) is 2.12. The smallest absolute Gasteiger partial charge is 0.140 e. The summed E-state index contributed by atoms with van der Waals surface area (Å²) in [5, 5.41) is 3.33. The number of rotatable bonds is 2. The molecule has 1 nitrogen and oxygen atoms in total. The molecule has 1 heterocycles. The van der Waals surface area contributed by atoms with Crippen LogP contribution >= 0.6 is 15.9 Å². The lowest BCUT2D eigenvalue weighted by molar-refractivity contribution is 0.394. The molecule has 0 aliphatic carbocycles. The van der Waals surface area contributed by atoms with Gasteiger partial charge in [0.2, 0.25) is 0 Å². The van der Waals surface area contributed by atoms with Crippen LogP contribution in [0.25, 0.3) is 0 Å². The Kier molecular flexibility index (Phi) is 3.92. The van der Waals surface area contributed by atoms with Crippen LogP contribution in [0, 0.1) is 11.6 Å². The maximum absolute atomic E-state index is 13.7. The average molecular weight is 290 g/mol. The third kappa shape index (κ3) is 2.80. The third-order valence-electron chi connectivity index (χ3n) is 2.95. The van der Waals surface area contributed by atoms with Gasteiger partial charge in [0.1, 0.15) is 11.6 Å². The van der Waals surface area contributed by atoms with E-state index in [-0.39, 0.29) is 22.1 Å². The van der Waals surface area contributed by atoms with E-state index in [1.165, 1.54) is 12.5 Å². The van der Waals surface area contributed by atoms with Crippen molar-refractivity contribution in [1.29, 1.82) is 0 Å². The van der Waals surface area contributed by atoms with Gasteiger partial charge in [0.15, 0.2) is 0 Å². The van der Waals surface area contributed by atoms with E-state index in [4.69, 9.17) is 0 Å². The van der Waals surface area contributed by atoms with Gasteiger partial charge in [-0.15, -0.1) is 0 Å². The zero-order chi connectivity index (χ0) is 11.5. The van der Waals surface area contributed by atoms with E-state index < -0.39 is 0 Å². The van der Waals surface area contributed by atoms with Crippen molar-refractivity contribution in [2.45, 2.75) is 31.7 Å². The van der Waals surface area contributed by atoms with Gasteiger partial charge in [-0.25, -0.2) is 8.78 Å². The summed E-state index contributed by atoms with van der Waals surface area (Å²) in [6.45, 7) is 0.975. The van der Waals surface area contributed by atoms with Gasteiger partial charge in [0.05, 0.1) is 4.47 Å². The van der Waals surface area contributed by atoms with Crippen LogP contribution in [-0.2, 0) is 6.42 Å². The van der Waals surface area contributed by atoms with Gasteiger partial charge in [-0.2, -0.15) is 0 Å². The first-order chi connectivity index (χ1) is 7.66. The van der Waals surface area contributed by atoms with E-state index in [0.717, 1.165) is 25.5 Å². The molecule has 1 N–H and O–H groups in total. The summed E-state index contributed by atoms with van der Waals surface area (Å²) in [6, 6.07) is 2.72. The highest BCUT2D eigenvalue weighted by Gasteiger charge is 2.17. The van der Waals surface area contributed by atoms with Crippen molar-refractivity contribution in [1.82, 2.24) is 5.32 Å². The van der Waals surface area contributed by atoms with E-state index >= 15 is 0 Å². The summed E-state index contributed by atoms with van der Waals surface area (Å²) in [5.74, 6) is -0.729. The first-order valence-electron chi connectivity index (χ1n) is 5.53. The molecule has 0 spiro atoms. The molecule has 0 radical (unpaired) electrons. The summed E-state index contributed by atoms with van der Waals surface area (Å²) in [7, 11) is 0. The van der Waals surface area contributed by atoms with E-state index in [0.29, 0.717) is 12.0 Å². The Bertz CT molecular complexity index is 376. The molecule has 1 unspecified atom stereocenters. The van der Waals surface area contributed by atoms with Crippen molar-refractivity contribution in [3.05, 3.63) is 33.8 Å². The quantitative estimate of drug-likeness (QED) is 0.823. The largest absolute Gasteiger partial charge is 0.314 e. The lowest BCUT2D eigenvalue weighted by Gasteiger charge is -2.23. The van der Waals surface area contributed by atoms with Crippen molar-refractivity contribution in [3.63, 3.8) is 0 Å². The number of halogens is 3. The summed E-state index contributed by atoms with van der Waals surface area (Å²) in [6.07, 6.45) is 3.93. The van der Waals surface area contributed by atoms with Crippen LogP contribution < -0.4 is 5.32 Å². The summed E-state index contributed by atoms with van der Waals surface area (Å²) in [5.41, 5.74) is 0.450. The average Bonchev–Trinajstić information content (AvgIpc) is 2.27. The molecule has 0 bridgehead atoms. The molecule has 0 amide bonds. The molecule has 88 valence electrons. The van der Waals surface area contributed by atoms with Crippen molar-refractivity contribution < 1.29 is 8.78 Å². The Morgan fingerprint density at radius 1 is 1.31 bits per heavy atom. The first kappa shape index (κ1) is 12.0. The zero-order valence-corrected chi connectivity index (χ0v) is 10.5. The van der Waals surface area contributed by atoms with Crippen molar-refractivity contribution in [2.75, 3.05) is 6.54 Å². The highest BCUT2D eigenvalue weighted by molar-refractivity contribution is 9.10. The second-order valence-corrected chi connectivity index (χ2v) is 5.07. The highest BCUT2D eigenvalue weighted by Crippen LogP contribution is 2.23. The van der Waals surface area contributed by atoms with Crippen molar-refractivity contribution >= 4 is 15.9 Å². The van der Waals surface area contributed by atoms with E-state index in [9.17, 15) is 8.78 Å². The lowest BCUT2D eigenvalue weighted by Crippen LogP contribution is -2.35. The molecule has 1 aromatic rings. The molecular formula is C12H14BrF2N. The number of piperidine rings is 1. The van der Waals surface area contributed by atoms with Gasteiger partial charge in [-0.1, -0.05) is 6.42 Å². The topological polar surface area (TPSA) is 12.0 Å². The Balaban J connectivity index is 2.13. The standard InChI is InChI=1S/C12H14BrF2N/c13-11-7-9(14)5-8(12(11)15)6-10-3-1-2-4-16-10/h5,7,10,16H,1-4,6H2. The molecule has 2 rings (SSSR count). The molecule has 1 aliphatic heterocycles. The number of benzene rings is 1. The minimum Gasteiger partial charge on any atom is -0.314 e. The molecule has 4 heteroatoms. The van der Waals surface area contributed by atoms with Crippen LogP contribution in [0.3, 0.4) is 0 Å². The second kappa shape index (κ2) is 5.23. The van der Waals surface area contributed by atoms with Crippen molar-refractivity contribution in [3.8, 4) is 0 Å². The molecule has 0 saturated carbocycles. The third-order valence-corrected chi connectivity index (χ3v) is 3.52. The second-order valence-electron chi connectivity index (χ2n) is 4.21. The van der Waals surface area contributed by atoms with Gasteiger partial charge >= 0.3 is 0 Å². The normalized spacial score (nSPS) is 21.1. The van der Waals surface area contributed by atoms with Gasteiger partial charge < -0.3 is 5.32 Å². The van der Waals surface area contributed by atoms with Crippen LogP contribution in [0.2, 0.25) is 0 Å². The molecular weight excluding hydrogens is 276 g/mol. The van der Waals surface area contributed by atoms with E-state index in [1.807, 2.05) is 0 Å². The van der Waals surface area contributed by atoms with Gasteiger partial charge in [-0.3, -0.25) is 0 Å². The monoisotopic (exact) mass is 289 g/mol. The minimum atomic E-state index is -0.390. The molecule has 1 aliphatic rings. The van der Waals surface area contributed by atoms with Crippen LogP contribution in [0.15, 0.2) is 16.6 Å². The fourth-order valence-corrected chi connectivity index (χ4v) is 2.59. The van der Waals surface area contributed by atoms with Gasteiger partial charge in [-0.05, 0) is 59.4 Å². The maximum atomic E-state index is 13.7. The predicted molar refractivity (Wildman–Crippen MR) is 63.4 cm³/mol. The molecule has 1 aromatic carbocycles. The molecule has 1 atom stereocenters. The number of nitrogens with one attached hydrogen (secondary N) is 1. The van der Waals surface area contributed by atoms with Crippen LogP contribution in [-0.4, -0.2) is 12.6 Å². The summed E-state index contributed by atoms with van der Waals surface area (Å²) >= 11 is 3.03. The Labute approximate surface area is 102 Å². The minimum absolute atomic E-state index is 0.207. The summed E-state index contributed by atoms with van der Waals surface area (Å²) in [4.78, 5) is 0. The molecule has 1 saturated heterocycles. The van der Waals surface area contributed by atoms with E-state index in [2.05, 4.69) is 21.2 Å². The number of hydrogen-bond donors (Lipinski definition) is 1. The Hall–Kier alpha value is -0.480. The lowest BCUT2D eigenvalue weighted by atomic mass is 9.97.